The van der Waals surface area contributed by atoms with Gasteiger partial charge in [0.15, 0.2) is 0 Å². The fourth-order valence-electron chi connectivity index (χ4n) is 3.15. The molecule has 2 aliphatic rings. The fraction of sp³-hybridized carbons (Fsp3) is 1.00. The maximum Gasteiger partial charge on any atom is 0.0707 e. The minimum absolute atomic E-state index is 0.351. The van der Waals surface area contributed by atoms with Gasteiger partial charge in [-0.1, -0.05) is 13.8 Å². The quantitative estimate of drug-likeness (QED) is 0.823. The molecule has 2 rings (SSSR count). The third kappa shape index (κ3) is 5.03. The zero-order valence-electron chi connectivity index (χ0n) is 12.9. The number of hydrogen-bond donors (Lipinski definition) is 1. The summed E-state index contributed by atoms with van der Waals surface area (Å²) in [7, 11) is 0. The fourth-order valence-corrected chi connectivity index (χ4v) is 3.15. The molecule has 2 fully saturated rings. The summed E-state index contributed by atoms with van der Waals surface area (Å²) in [5, 5.41) is 3.47. The highest BCUT2D eigenvalue weighted by Crippen LogP contribution is 2.21. The van der Waals surface area contributed by atoms with Crippen molar-refractivity contribution in [2.75, 3.05) is 26.2 Å². The Morgan fingerprint density at radius 2 is 1.68 bits per heavy atom. The molecule has 4 heteroatoms. The Balaban J connectivity index is 1.69. The van der Waals surface area contributed by atoms with E-state index >= 15 is 0 Å². The van der Waals surface area contributed by atoms with E-state index in [0.29, 0.717) is 30.5 Å². The number of ether oxygens (including phenoxy) is 2. The Hall–Kier alpha value is -0.160. The molecular weight excluding hydrogens is 240 g/mol. The van der Waals surface area contributed by atoms with E-state index in [4.69, 9.17) is 9.47 Å². The molecule has 0 radical (unpaired) electrons. The van der Waals surface area contributed by atoms with E-state index in [-0.39, 0.29) is 0 Å². The Kier molecular flexibility index (Phi) is 5.63. The first-order chi connectivity index (χ1) is 9.02. The Bertz CT molecular complexity index is 263. The summed E-state index contributed by atoms with van der Waals surface area (Å²) >= 11 is 0. The van der Waals surface area contributed by atoms with Crippen LogP contribution in [0.3, 0.4) is 0 Å². The van der Waals surface area contributed by atoms with Crippen LogP contribution in [0, 0.1) is 0 Å². The van der Waals surface area contributed by atoms with Crippen molar-refractivity contribution >= 4 is 0 Å². The second kappa shape index (κ2) is 7.02. The second-order valence-electron chi connectivity index (χ2n) is 6.50. The molecule has 0 aliphatic carbocycles. The van der Waals surface area contributed by atoms with Gasteiger partial charge in [0.05, 0.1) is 24.4 Å². The second-order valence-corrected chi connectivity index (χ2v) is 6.50. The van der Waals surface area contributed by atoms with Crippen LogP contribution in [0.2, 0.25) is 0 Å². The molecule has 19 heavy (non-hydrogen) atoms. The SMILES string of the molecule is CC(C)NCC1CCC(CN2C[C@@H](C)O[C@@H](C)C2)O1. The molecule has 0 aromatic carbocycles. The van der Waals surface area contributed by atoms with E-state index in [0.717, 1.165) is 26.2 Å². The average Bonchev–Trinajstić information content (AvgIpc) is 2.72. The van der Waals surface area contributed by atoms with Gasteiger partial charge in [-0.3, -0.25) is 4.90 Å². The van der Waals surface area contributed by atoms with Crippen LogP contribution < -0.4 is 5.32 Å². The Morgan fingerprint density at radius 3 is 2.32 bits per heavy atom. The van der Waals surface area contributed by atoms with Gasteiger partial charge in [-0.15, -0.1) is 0 Å². The van der Waals surface area contributed by atoms with Gasteiger partial charge in [0.1, 0.15) is 0 Å². The normalized spacial score (nSPS) is 37.1. The van der Waals surface area contributed by atoms with E-state index in [9.17, 15) is 0 Å². The predicted molar refractivity (Wildman–Crippen MR) is 77.5 cm³/mol. The summed E-state index contributed by atoms with van der Waals surface area (Å²) in [6.45, 7) is 12.8. The standard InChI is InChI=1S/C15H30N2O2/c1-11(2)16-7-14-5-6-15(19-14)10-17-8-12(3)18-13(4)9-17/h11-16H,5-10H2,1-4H3/t12-,13+,14?,15?. The van der Waals surface area contributed by atoms with Crippen molar-refractivity contribution < 1.29 is 9.47 Å². The zero-order valence-corrected chi connectivity index (χ0v) is 12.9. The highest BCUT2D eigenvalue weighted by atomic mass is 16.5. The first-order valence-electron chi connectivity index (χ1n) is 7.79. The van der Waals surface area contributed by atoms with Crippen LogP contribution in [-0.2, 0) is 9.47 Å². The van der Waals surface area contributed by atoms with Gasteiger partial charge < -0.3 is 14.8 Å². The highest BCUT2D eigenvalue weighted by molar-refractivity contribution is 4.81. The summed E-state index contributed by atoms with van der Waals surface area (Å²) in [6, 6.07) is 0.545. The van der Waals surface area contributed by atoms with Crippen molar-refractivity contribution in [2.24, 2.45) is 0 Å². The predicted octanol–water partition coefficient (Wildman–Crippen LogP) is 1.64. The van der Waals surface area contributed by atoms with Gasteiger partial charge >= 0.3 is 0 Å². The summed E-state index contributed by atoms with van der Waals surface area (Å²) in [6.07, 6.45) is 3.91. The molecule has 2 heterocycles. The first-order valence-corrected chi connectivity index (χ1v) is 7.79. The minimum atomic E-state index is 0.351. The Labute approximate surface area is 117 Å². The lowest BCUT2D eigenvalue weighted by atomic mass is 10.1. The minimum Gasteiger partial charge on any atom is -0.373 e. The lowest BCUT2D eigenvalue weighted by molar-refractivity contribution is -0.0812. The Morgan fingerprint density at radius 1 is 1.05 bits per heavy atom. The van der Waals surface area contributed by atoms with E-state index in [1.54, 1.807) is 0 Å². The van der Waals surface area contributed by atoms with Gasteiger partial charge in [-0.05, 0) is 26.7 Å². The van der Waals surface area contributed by atoms with E-state index in [1.165, 1.54) is 12.8 Å². The van der Waals surface area contributed by atoms with Gasteiger partial charge in [0.25, 0.3) is 0 Å². The molecule has 0 amide bonds. The summed E-state index contributed by atoms with van der Waals surface area (Å²) in [5.41, 5.74) is 0. The van der Waals surface area contributed by atoms with Crippen molar-refractivity contribution in [1.29, 1.82) is 0 Å². The number of morpholine rings is 1. The summed E-state index contributed by atoms with van der Waals surface area (Å²) < 4.78 is 11.9. The van der Waals surface area contributed by atoms with Crippen LogP contribution in [0.25, 0.3) is 0 Å². The number of nitrogens with zero attached hydrogens (tertiary/aromatic N) is 1. The summed E-state index contributed by atoms with van der Waals surface area (Å²) in [4.78, 5) is 2.50. The van der Waals surface area contributed by atoms with Crippen LogP contribution in [-0.4, -0.2) is 61.5 Å². The molecule has 4 nitrogen and oxygen atoms in total. The molecule has 0 bridgehead atoms. The third-order valence-corrected chi connectivity index (χ3v) is 3.91. The maximum absolute atomic E-state index is 6.14. The molecule has 1 N–H and O–H groups in total. The molecule has 2 unspecified atom stereocenters. The van der Waals surface area contributed by atoms with Crippen molar-refractivity contribution in [3.63, 3.8) is 0 Å². The molecule has 0 spiro atoms. The molecule has 2 saturated heterocycles. The van der Waals surface area contributed by atoms with Crippen LogP contribution in [0.1, 0.15) is 40.5 Å². The number of hydrogen-bond acceptors (Lipinski definition) is 4. The average molecular weight is 270 g/mol. The highest BCUT2D eigenvalue weighted by Gasteiger charge is 2.29. The molecule has 0 aromatic heterocycles. The largest absolute Gasteiger partial charge is 0.373 e. The third-order valence-electron chi connectivity index (χ3n) is 3.91. The van der Waals surface area contributed by atoms with Crippen LogP contribution >= 0.6 is 0 Å². The monoisotopic (exact) mass is 270 g/mol. The molecule has 4 atom stereocenters. The van der Waals surface area contributed by atoms with Gasteiger partial charge in [-0.2, -0.15) is 0 Å². The van der Waals surface area contributed by atoms with Crippen molar-refractivity contribution in [3.8, 4) is 0 Å². The van der Waals surface area contributed by atoms with E-state index in [2.05, 4.69) is 37.9 Å². The van der Waals surface area contributed by atoms with E-state index in [1.807, 2.05) is 0 Å². The number of nitrogens with one attached hydrogen (secondary N) is 1. The van der Waals surface area contributed by atoms with Crippen LogP contribution in [0.5, 0.6) is 0 Å². The molecule has 0 saturated carbocycles. The van der Waals surface area contributed by atoms with Gasteiger partial charge in [0, 0.05) is 32.2 Å². The molecule has 2 aliphatic heterocycles. The molecule has 0 aromatic rings. The van der Waals surface area contributed by atoms with Gasteiger partial charge in [0.2, 0.25) is 0 Å². The van der Waals surface area contributed by atoms with Crippen molar-refractivity contribution in [1.82, 2.24) is 10.2 Å². The lowest BCUT2D eigenvalue weighted by Gasteiger charge is -2.36. The van der Waals surface area contributed by atoms with Crippen molar-refractivity contribution in [3.05, 3.63) is 0 Å². The molecule has 112 valence electrons. The number of rotatable bonds is 5. The lowest BCUT2D eigenvalue weighted by Crippen LogP contribution is -2.48. The zero-order chi connectivity index (χ0) is 13.8. The smallest absolute Gasteiger partial charge is 0.0707 e. The van der Waals surface area contributed by atoms with E-state index < -0.39 is 0 Å². The summed E-state index contributed by atoms with van der Waals surface area (Å²) in [5.74, 6) is 0. The first kappa shape index (κ1) is 15.2. The molecular formula is C15H30N2O2. The van der Waals surface area contributed by atoms with Crippen molar-refractivity contribution in [2.45, 2.75) is 71.0 Å². The van der Waals surface area contributed by atoms with Crippen LogP contribution in [0.4, 0.5) is 0 Å². The van der Waals surface area contributed by atoms with Crippen LogP contribution in [0.15, 0.2) is 0 Å². The maximum atomic E-state index is 6.14. The van der Waals surface area contributed by atoms with Gasteiger partial charge in [-0.25, -0.2) is 0 Å². The topological polar surface area (TPSA) is 33.7 Å².